The Morgan fingerprint density at radius 2 is 2.24 bits per heavy atom. The van der Waals surface area contributed by atoms with Gasteiger partial charge in [0.1, 0.15) is 21.8 Å². The summed E-state index contributed by atoms with van der Waals surface area (Å²) in [6.07, 6.45) is 1.64. The molecule has 2 nitrogen and oxygen atoms in total. The molecule has 0 amide bonds. The molecule has 0 radical (unpaired) electrons. The van der Waals surface area contributed by atoms with Crippen molar-refractivity contribution in [3.05, 3.63) is 22.4 Å². The van der Waals surface area contributed by atoms with Crippen molar-refractivity contribution in [1.82, 2.24) is 0 Å². The lowest BCUT2D eigenvalue weighted by atomic mass is 10.2. The van der Waals surface area contributed by atoms with E-state index in [9.17, 15) is 4.55 Å². The molecule has 0 aliphatic rings. The number of rotatable bonds is 5. The third-order valence-electron chi connectivity index (χ3n) is 2.07. The Morgan fingerprint density at radius 3 is 2.71 bits per heavy atom. The predicted octanol–water partition coefficient (Wildman–Crippen LogP) is 4.02. The molecule has 0 aliphatic carbocycles. The van der Waals surface area contributed by atoms with E-state index < -0.39 is 11.4 Å². The van der Waals surface area contributed by atoms with Gasteiger partial charge in [0.15, 0.2) is 0 Å². The fourth-order valence-electron chi connectivity index (χ4n) is 1.13. The van der Waals surface area contributed by atoms with Gasteiger partial charge >= 0.3 is 0 Å². The zero-order chi connectivity index (χ0) is 12.9. The number of nitrogens with zero attached hydrogens (tertiary/aromatic N) is 1. The van der Waals surface area contributed by atoms with Crippen LogP contribution in [0.4, 0.5) is 0 Å². The lowest BCUT2D eigenvalue weighted by molar-refractivity contribution is 0.561. The Bertz CT molecular complexity index is 357. The third kappa shape index (κ3) is 5.00. The number of hydrogen-bond acceptors (Lipinski definition) is 3. The largest absolute Gasteiger partial charge is 0.591 e. The Labute approximate surface area is 115 Å². The van der Waals surface area contributed by atoms with Gasteiger partial charge in [0.05, 0.1) is 4.88 Å². The van der Waals surface area contributed by atoms with Crippen molar-refractivity contribution in [3.63, 3.8) is 0 Å². The van der Waals surface area contributed by atoms with E-state index in [4.69, 9.17) is 11.6 Å². The highest BCUT2D eigenvalue weighted by Gasteiger charge is 2.27. The van der Waals surface area contributed by atoms with E-state index in [-0.39, 0.29) is 4.75 Å². The van der Waals surface area contributed by atoms with Crippen molar-refractivity contribution in [2.75, 3.05) is 5.88 Å². The maximum atomic E-state index is 12.0. The molecule has 0 aromatic carbocycles. The Balaban J connectivity index is 2.87. The van der Waals surface area contributed by atoms with Crippen molar-refractivity contribution < 1.29 is 4.55 Å². The average Bonchev–Trinajstić information content (AvgIpc) is 2.75. The summed E-state index contributed by atoms with van der Waals surface area (Å²) >= 11 is 6.13. The van der Waals surface area contributed by atoms with E-state index in [0.717, 1.165) is 23.4 Å². The third-order valence-corrected chi connectivity index (χ3v) is 4.69. The smallest absolute Gasteiger partial charge is 0.144 e. The van der Waals surface area contributed by atoms with Gasteiger partial charge in [-0.2, -0.15) is 0 Å². The maximum Gasteiger partial charge on any atom is 0.144 e. The summed E-state index contributed by atoms with van der Waals surface area (Å²) in [5.74, 6) is 0.604. The van der Waals surface area contributed by atoms with Gasteiger partial charge in [-0.1, -0.05) is 10.5 Å². The summed E-state index contributed by atoms with van der Waals surface area (Å²) in [7, 11) is 0. The minimum atomic E-state index is -1.20. The Hall–Kier alpha value is -0.0300. The van der Waals surface area contributed by atoms with Gasteiger partial charge in [-0.05, 0) is 45.1 Å². The minimum absolute atomic E-state index is 0.316. The van der Waals surface area contributed by atoms with Crippen LogP contribution in [0.25, 0.3) is 0 Å². The second-order valence-electron chi connectivity index (χ2n) is 4.67. The van der Waals surface area contributed by atoms with Crippen LogP contribution in [0.2, 0.25) is 0 Å². The topological polar surface area (TPSA) is 35.4 Å². The molecule has 0 N–H and O–H groups in total. The molecular formula is C12H18ClNOS2. The second-order valence-corrected chi connectivity index (χ2v) is 7.90. The summed E-state index contributed by atoms with van der Waals surface area (Å²) in [4.78, 5) is 1.09. The first-order valence-electron chi connectivity index (χ1n) is 5.54. The molecule has 96 valence electrons. The summed E-state index contributed by atoms with van der Waals surface area (Å²) in [6.45, 7) is 5.79. The predicted molar refractivity (Wildman–Crippen MR) is 78.7 cm³/mol. The van der Waals surface area contributed by atoms with E-state index in [1.165, 1.54) is 0 Å². The fraction of sp³-hybridized carbons (Fsp3) is 0.583. The molecule has 5 heteroatoms. The van der Waals surface area contributed by atoms with Crippen molar-refractivity contribution in [2.45, 2.75) is 38.4 Å². The van der Waals surface area contributed by atoms with Crippen LogP contribution in [0, 0.1) is 0 Å². The van der Waals surface area contributed by atoms with Gasteiger partial charge in [0, 0.05) is 5.88 Å². The highest BCUT2D eigenvalue weighted by molar-refractivity contribution is 7.91. The van der Waals surface area contributed by atoms with Gasteiger partial charge < -0.3 is 4.55 Å². The molecule has 1 atom stereocenters. The van der Waals surface area contributed by atoms with Gasteiger partial charge in [-0.15, -0.1) is 22.9 Å². The van der Waals surface area contributed by atoms with Crippen LogP contribution < -0.4 is 0 Å². The van der Waals surface area contributed by atoms with E-state index in [0.29, 0.717) is 5.88 Å². The molecule has 0 fully saturated rings. The van der Waals surface area contributed by atoms with Crippen molar-refractivity contribution in [1.29, 1.82) is 0 Å². The van der Waals surface area contributed by atoms with Crippen molar-refractivity contribution in [3.8, 4) is 0 Å². The van der Waals surface area contributed by atoms with Crippen molar-refractivity contribution in [2.24, 2.45) is 4.40 Å². The molecule has 1 rings (SSSR count). The first kappa shape index (κ1) is 15.0. The van der Waals surface area contributed by atoms with Gasteiger partial charge in [-0.3, -0.25) is 0 Å². The number of thiophene rings is 1. The maximum absolute atomic E-state index is 12.0. The fourth-order valence-corrected chi connectivity index (χ4v) is 2.73. The Kier molecular flexibility index (Phi) is 6.00. The zero-order valence-corrected chi connectivity index (χ0v) is 12.8. The first-order chi connectivity index (χ1) is 7.95. The molecule has 1 heterocycles. The van der Waals surface area contributed by atoms with Crippen LogP contribution in [0.1, 0.15) is 38.5 Å². The molecule has 0 saturated heterocycles. The van der Waals surface area contributed by atoms with E-state index in [1.807, 2.05) is 38.3 Å². The minimum Gasteiger partial charge on any atom is -0.591 e. The van der Waals surface area contributed by atoms with Crippen LogP contribution in [-0.4, -0.2) is 20.9 Å². The SMILES string of the molecule is CC(C)(C)[S+]([O-])/N=C(/CCCCl)c1cccs1. The summed E-state index contributed by atoms with van der Waals surface area (Å²) in [6, 6.07) is 3.99. The molecule has 1 unspecified atom stereocenters. The highest BCUT2D eigenvalue weighted by Crippen LogP contribution is 2.21. The van der Waals surface area contributed by atoms with Gasteiger partial charge in [0.2, 0.25) is 0 Å². The van der Waals surface area contributed by atoms with Crippen LogP contribution in [0.5, 0.6) is 0 Å². The van der Waals surface area contributed by atoms with Crippen LogP contribution >= 0.6 is 22.9 Å². The standard InChI is InChI=1S/C12H18ClNOS2/c1-12(2,3)17(15)14-10(6-4-8-13)11-7-5-9-16-11/h5,7,9H,4,6,8H2,1-3H3/b14-10-. The summed E-state index contributed by atoms with van der Waals surface area (Å²) < 4.78 is 16.1. The number of alkyl halides is 1. The van der Waals surface area contributed by atoms with Crippen LogP contribution in [-0.2, 0) is 11.4 Å². The molecular weight excluding hydrogens is 274 g/mol. The quantitative estimate of drug-likeness (QED) is 0.458. The monoisotopic (exact) mass is 291 g/mol. The van der Waals surface area contributed by atoms with Gasteiger partial charge in [0.25, 0.3) is 0 Å². The first-order valence-corrected chi connectivity index (χ1v) is 8.06. The van der Waals surface area contributed by atoms with Crippen molar-refractivity contribution >= 4 is 40.0 Å². The number of halogens is 1. The lowest BCUT2D eigenvalue weighted by Crippen LogP contribution is -2.27. The lowest BCUT2D eigenvalue weighted by Gasteiger charge is -2.19. The highest BCUT2D eigenvalue weighted by atomic mass is 35.5. The molecule has 0 spiro atoms. The molecule has 1 aromatic rings. The summed E-state index contributed by atoms with van der Waals surface area (Å²) in [5.41, 5.74) is 0.911. The average molecular weight is 292 g/mol. The molecule has 0 aliphatic heterocycles. The number of hydrogen-bond donors (Lipinski definition) is 0. The normalized spacial score (nSPS) is 15.0. The molecule has 0 saturated carbocycles. The zero-order valence-electron chi connectivity index (χ0n) is 10.4. The second kappa shape index (κ2) is 6.78. The molecule has 17 heavy (non-hydrogen) atoms. The van der Waals surface area contributed by atoms with E-state index in [1.54, 1.807) is 11.3 Å². The molecule has 1 aromatic heterocycles. The van der Waals surface area contributed by atoms with Crippen LogP contribution in [0.15, 0.2) is 21.9 Å². The van der Waals surface area contributed by atoms with Crippen LogP contribution in [0.3, 0.4) is 0 Å². The summed E-state index contributed by atoms with van der Waals surface area (Å²) in [5, 5.41) is 2.01. The Morgan fingerprint density at radius 1 is 1.53 bits per heavy atom. The van der Waals surface area contributed by atoms with Gasteiger partial charge in [-0.25, -0.2) is 0 Å². The molecule has 0 bridgehead atoms. The van der Waals surface area contributed by atoms with E-state index in [2.05, 4.69) is 4.40 Å². The van der Waals surface area contributed by atoms with E-state index >= 15 is 0 Å².